The predicted molar refractivity (Wildman–Crippen MR) is 83.3 cm³/mol. The van der Waals surface area contributed by atoms with E-state index in [1.165, 1.54) is 18.3 Å². The Labute approximate surface area is 138 Å². The van der Waals surface area contributed by atoms with E-state index >= 15 is 0 Å². The number of hydrogen-bond acceptors (Lipinski definition) is 3. The minimum absolute atomic E-state index is 0.147. The highest BCUT2D eigenvalue weighted by Crippen LogP contribution is 2.34. The zero-order valence-electron chi connectivity index (χ0n) is 10.2. The Kier molecular flexibility index (Phi) is 4.82. The first-order valence-electron chi connectivity index (χ1n) is 5.53. The van der Waals surface area contributed by atoms with Gasteiger partial charge in [-0.25, -0.2) is 9.78 Å². The molecule has 1 aromatic carbocycles. The van der Waals surface area contributed by atoms with Crippen LogP contribution in [0.1, 0.15) is 20.8 Å². The monoisotopic (exact) mass is 388 g/mol. The van der Waals surface area contributed by atoms with Crippen molar-refractivity contribution in [2.45, 2.75) is 0 Å². The second-order valence-electron chi connectivity index (χ2n) is 3.94. The molecule has 2 N–H and O–H groups in total. The minimum atomic E-state index is -1.17. The van der Waals surface area contributed by atoms with Crippen molar-refractivity contribution < 1.29 is 14.7 Å². The summed E-state index contributed by atoms with van der Waals surface area (Å²) in [6.07, 6.45) is 1.17. The summed E-state index contributed by atoms with van der Waals surface area (Å²) in [6, 6.07) is 5.78. The molecule has 0 aliphatic heterocycles. The van der Waals surface area contributed by atoms with Crippen molar-refractivity contribution in [3.63, 3.8) is 0 Å². The van der Waals surface area contributed by atoms with Crippen molar-refractivity contribution in [2.24, 2.45) is 0 Å². The lowest BCUT2D eigenvalue weighted by molar-refractivity contribution is 0.0690. The van der Waals surface area contributed by atoms with Crippen molar-refractivity contribution in [1.29, 1.82) is 0 Å². The Bertz CT molecular complexity index is 697. The van der Waals surface area contributed by atoms with Gasteiger partial charge in [-0.2, -0.15) is 0 Å². The summed E-state index contributed by atoms with van der Waals surface area (Å²) >= 11 is 15.3. The second kappa shape index (κ2) is 6.43. The molecule has 0 fully saturated rings. The number of hydrogen-bond donors (Lipinski definition) is 2. The van der Waals surface area contributed by atoms with Crippen LogP contribution in [0.4, 0.5) is 5.69 Å². The Balaban J connectivity index is 2.24. The van der Waals surface area contributed by atoms with Crippen LogP contribution in [0.5, 0.6) is 0 Å². The number of amides is 1. The lowest BCUT2D eigenvalue weighted by Crippen LogP contribution is -2.13. The van der Waals surface area contributed by atoms with Crippen LogP contribution in [0.2, 0.25) is 10.0 Å². The number of carbonyl (C=O) groups excluding carboxylic acids is 1. The molecule has 1 amide bonds. The van der Waals surface area contributed by atoms with Crippen LogP contribution in [0, 0.1) is 0 Å². The molecule has 0 spiro atoms. The van der Waals surface area contributed by atoms with Crippen molar-refractivity contribution in [1.82, 2.24) is 4.98 Å². The van der Waals surface area contributed by atoms with Gasteiger partial charge in [0.25, 0.3) is 5.91 Å². The van der Waals surface area contributed by atoms with Gasteiger partial charge in [0.2, 0.25) is 0 Å². The number of rotatable bonds is 3. The molecule has 0 unspecified atom stereocenters. The molecule has 0 aliphatic rings. The summed E-state index contributed by atoms with van der Waals surface area (Å²) in [5, 5.41) is 11.9. The smallest absolute Gasteiger partial charge is 0.354 e. The molecule has 8 heteroatoms. The SMILES string of the molecule is O=C(Nc1c(Cl)cc(Br)cc1Cl)c1ccc(C(=O)O)nc1. The molecule has 0 bridgehead atoms. The number of benzene rings is 1. The van der Waals surface area contributed by atoms with Crippen LogP contribution in [0.3, 0.4) is 0 Å². The highest BCUT2D eigenvalue weighted by molar-refractivity contribution is 9.10. The van der Waals surface area contributed by atoms with Crippen molar-refractivity contribution in [3.8, 4) is 0 Å². The molecular formula is C13H7BrCl2N2O3. The van der Waals surface area contributed by atoms with Gasteiger partial charge in [0.05, 0.1) is 21.3 Å². The molecule has 2 rings (SSSR count). The molecule has 1 aromatic heterocycles. The van der Waals surface area contributed by atoms with Gasteiger partial charge >= 0.3 is 5.97 Å². The van der Waals surface area contributed by atoms with Crippen LogP contribution in [0.15, 0.2) is 34.9 Å². The number of nitrogens with zero attached hydrogens (tertiary/aromatic N) is 1. The first kappa shape index (κ1) is 15.8. The first-order valence-corrected chi connectivity index (χ1v) is 7.08. The molecule has 0 radical (unpaired) electrons. The van der Waals surface area contributed by atoms with Crippen LogP contribution < -0.4 is 5.32 Å². The van der Waals surface area contributed by atoms with E-state index in [0.717, 1.165) is 0 Å². The zero-order valence-corrected chi connectivity index (χ0v) is 13.3. The lowest BCUT2D eigenvalue weighted by Gasteiger charge is -2.09. The zero-order chi connectivity index (χ0) is 15.6. The lowest BCUT2D eigenvalue weighted by atomic mass is 10.2. The summed E-state index contributed by atoms with van der Waals surface area (Å²) < 4.78 is 0.683. The van der Waals surface area contributed by atoms with Crippen molar-refractivity contribution in [2.75, 3.05) is 5.32 Å². The van der Waals surface area contributed by atoms with Gasteiger partial charge < -0.3 is 10.4 Å². The standard InChI is InChI=1S/C13H7BrCl2N2O3/c14-7-3-8(15)11(9(16)4-7)18-12(19)6-1-2-10(13(20)21)17-5-6/h1-5H,(H,18,19)(H,20,21). The third-order valence-corrected chi connectivity index (χ3v) is 3.54. The number of halogens is 3. The maximum absolute atomic E-state index is 12.1. The first-order chi connectivity index (χ1) is 9.88. The Hall–Kier alpha value is -1.63. The third-order valence-electron chi connectivity index (χ3n) is 2.49. The number of aromatic carboxylic acids is 1. The maximum atomic E-state index is 12.1. The normalized spacial score (nSPS) is 10.2. The van der Waals surface area contributed by atoms with Gasteiger partial charge in [-0.05, 0) is 24.3 Å². The number of pyridine rings is 1. The average Bonchev–Trinajstić information content (AvgIpc) is 2.42. The molecule has 0 aliphatic carbocycles. The molecule has 21 heavy (non-hydrogen) atoms. The average molecular weight is 390 g/mol. The van der Waals surface area contributed by atoms with Crippen LogP contribution in [0.25, 0.3) is 0 Å². The highest BCUT2D eigenvalue weighted by Gasteiger charge is 2.14. The fourth-order valence-electron chi connectivity index (χ4n) is 1.50. The van der Waals surface area contributed by atoms with Crippen LogP contribution >= 0.6 is 39.1 Å². The van der Waals surface area contributed by atoms with Gasteiger partial charge in [0.15, 0.2) is 0 Å². The van der Waals surface area contributed by atoms with Gasteiger partial charge in [-0.3, -0.25) is 4.79 Å². The van der Waals surface area contributed by atoms with E-state index in [1.807, 2.05) is 0 Å². The number of carbonyl (C=O) groups is 2. The van der Waals surface area contributed by atoms with E-state index in [1.54, 1.807) is 12.1 Å². The number of anilines is 1. The summed E-state index contributed by atoms with van der Waals surface area (Å²) in [5.41, 5.74) is 0.315. The van der Waals surface area contributed by atoms with Gasteiger partial charge in [0.1, 0.15) is 5.69 Å². The van der Waals surface area contributed by atoms with Crippen LogP contribution in [-0.2, 0) is 0 Å². The molecule has 0 saturated heterocycles. The largest absolute Gasteiger partial charge is 0.477 e. The number of carboxylic acids is 1. The fourth-order valence-corrected chi connectivity index (χ4v) is 2.80. The Morgan fingerprint density at radius 2 is 1.81 bits per heavy atom. The molecule has 108 valence electrons. The van der Waals surface area contributed by atoms with Gasteiger partial charge in [-0.1, -0.05) is 39.1 Å². The summed E-state index contributed by atoms with van der Waals surface area (Å²) in [5.74, 6) is -1.66. The summed E-state index contributed by atoms with van der Waals surface area (Å²) in [4.78, 5) is 26.4. The van der Waals surface area contributed by atoms with Crippen molar-refractivity contribution in [3.05, 3.63) is 56.2 Å². The van der Waals surface area contributed by atoms with E-state index in [9.17, 15) is 9.59 Å². The van der Waals surface area contributed by atoms with Crippen molar-refractivity contribution >= 4 is 56.7 Å². The molecule has 5 nitrogen and oxygen atoms in total. The third kappa shape index (κ3) is 3.72. The van der Waals surface area contributed by atoms with Crippen LogP contribution in [-0.4, -0.2) is 22.0 Å². The van der Waals surface area contributed by atoms with E-state index in [4.69, 9.17) is 28.3 Å². The summed E-state index contributed by atoms with van der Waals surface area (Å²) in [6.45, 7) is 0. The van der Waals surface area contributed by atoms with E-state index in [2.05, 4.69) is 26.2 Å². The van der Waals surface area contributed by atoms with E-state index in [0.29, 0.717) is 4.47 Å². The maximum Gasteiger partial charge on any atom is 0.354 e. The van der Waals surface area contributed by atoms with Gasteiger partial charge in [0, 0.05) is 10.7 Å². The minimum Gasteiger partial charge on any atom is -0.477 e. The van der Waals surface area contributed by atoms with E-state index in [-0.39, 0.29) is 27.0 Å². The molecule has 1 heterocycles. The molecule has 0 saturated carbocycles. The quantitative estimate of drug-likeness (QED) is 0.828. The number of aromatic nitrogens is 1. The topological polar surface area (TPSA) is 79.3 Å². The fraction of sp³-hybridized carbons (Fsp3) is 0. The molecule has 2 aromatic rings. The Morgan fingerprint density at radius 1 is 1.19 bits per heavy atom. The van der Waals surface area contributed by atoms with Gasteiger partial charge in [-0.15, -0.1) is 0 Å². The summed E-state index contributed by atoms with van der Waals surface area (Å²) in [7, 11) is 0. The number of nitrogens with one attached hydrogen (secondary N) is 1. The second-order valence-corrected chi connectivity index (χ2v) is 5.67. The Morgan fingerprint density at radius 3 is 2.29 bits per heavy atom. The molecular weight excluding hydrogens is 383 g/mol. The molecule has 0 atom stereocenters. The number of carboxylic acid groups (broad SMARTS) is 1. The predicted octanol–water partition coefficient (Wildman–Crippen LogP) is 4.10. The highest BCUT2D eigenvalue weighted by atomic mass is 79.9. The van der Waals surface area contributed by atoms with E-state index < -0.39 is 11.9 Å².